The minimum Gasteiger partial charge on any atom is -0.493 e. The summed E-state index contributed by atoms with van der Waals surface area (Å²) in [5, 5.41) is 0. The molecule has 1 saturated heterocycles. The van der Waals surface area contributed by atoms with E-state index in [4.69, 9.17) is 28.4 Å². The lowest BCUT2D eigenvalue weighted by Crippen LogP contribution is -2.27. The van der Waals surface area contributed by atoms with Crippen LogP contribution in [0.15, 0.2) is 36.4 Å². The molecule has 1 fully saturated rings. The lowest BCUT2D eigenvalue weighted by molar-refractivity contribution is -0.151. The van der Waals surface area contributed by atoms with Crippen molar-refractivity contribution < 1.29 is 42.8 Å². The molecule has 9 heteroatoms. The fourth-order valence-electron chi connectivity index (χ4n) is 4.05. The highest BCUT2D eigenvalue weighted by Gasteiger charge is 2.44. The van der Waals surface area contributed by atoms with E-state index in [1.165, 1.54) is 35.2 Å². The van der Waals surface area contributed by atoms with Crippen LogP contribution in [0.1, 0.15) is 31.1 Å². The molecule has 3 rings (SSSR count). The number of hydrogen-bond acceptors (Lipinski definition) is 9. The normalized spacial score (nSPS) is 18.0. The van der Waals surface area contributed by atoms with Gasteiger partial charge in [0.1, 0.15) is 6.10 Å². The second-order valence-corrected chi connectivity index (χ2v) is 7.83. The van der Waals surface area contributed by atoms with E-state index in [0.29, 0.717) is 29.2 Å². The quantitative estimate of drug-likeness (QED) is 0.401. The number of methoxy groups -OCH3 is 3. The van der Waals surface area contributed by atoms with Crippen LogP contribution >= 0.6 is 0 Å². The van der Waals surface area contributed by atoms with Crippen molar-refractivity contribution in [1.82, 2.24) is 0 Å². The van der Waals surface area contributed by atoms with Crippen molar-refractivity contribution >= 4 is 17.9 Å². The Morgan fingerprint density at radius 1 is 0.912 bits per heavy atom. The Morgan fingerprint density at radius 3 is 2.18 bits per heavy atom. The number of esters is 3. The van der Waals surface area contributed by atoms with Gasteiger partial charge in [0.05, 0.1) is 33.9 Å². The largest absolute Gasteiger partial charge is 0.493 e. The number of hydrogen-bond donors (Lipinski definition) is 0. The molecule has 2 aromatic rings. The van der Waals surface area contributed by atoms with Gasteiger partial charge in [-0.2, -0.15) is 0 Å². The van der Waals surface area contributed by atoms with Gasteiger partial charge in [-0.1, -0.05) is 12.1 Å². The summed E-state index contributed by atoms with van der Waals surface area (Å²) in [5.74, 6) is -0.691. The molecule has 9 nitrogen and oxygen atoms in total. The molecule has 0 aliphatic carbocycles. The van der Waals surface area contributed by atoms with Gasteiger partial charge in [-0.3, -0.25) is 14.4 Å². The Bertz CT molecular complexity index is 1060. The molecule has 0 saturated carbocycles. The van der Waals surface area contributed by atoms with E-state index >= 15 is 0 Å². The van der Waals surface area contributed by atoms with Crippen LogP contribution in [-0.4, -0.2) is 45.8 Å². The molecule has 0 spiro atoms. The van der Waals surface area contributed by atoms with E-state index < -0.39 is 29.9 Å². The van der Waals surface area contributed by atoms with Crippen molar-refractivity contribution in [3.05, 3.63) is 47.5 Å². The van der Waals surface area contributed by atoms with Crippen molar-refractivity contribution in [2.24, 2.45) is 11.8 Å². The summed E-state index contributed by atoms with van der Waals surface area (Å²) in [4.78, 5) is 36.0. The summed E-state index contributed by atoms with van der Waals surface area (Å²) in [6.45, 7) is 2.72. The smallest absolute Gasteiger partial charge is 0.309 e. The molecule has 182 valence electrons. The van der Waals surface area contributed by atoms with Crippen molar-refractivity contribution in [3.63, 3.8) is 0 Å². The molecule has 1 aliphatic rings. The van der Waals surface area contributed by atoms with Gasteiger partial charge in [0.15, 0.2) is 23.0 Å². The second-order valence-electron chi connectivity index (χ2n) is 7.83. The third kappa shape index (κ3) is 5.59. The van der Waals surface area contributed by atoms with Crippen LogP contribution in [0.5, 0.6) is 23.0 Å². The van der Waals surface area contributed by atoms with E-state index in [1.54, 1.807) is 36.4 Å². The maximum absolute atomic E-state index is 12.7. The van der Waals surface area contributed by atoms with E-state index in [9.17, 15) is 14.4 Å². The van der Waals surface area contributed by atoms with E-state index in [-0.39, 0.29) is 18.3 Å². The van der Waals surface area contributed by atoms with Crippen LogP contribution in [0.25, 0.3) is 0 Å². The highest BCUT2D eigenvalue weighted by atomic mass is 16.6. The molecule has 0 N–H and O–H groups in total. The number of carbonyl (C=O) groups excluding carboxylic acids is 3. The zero-order valence-electron chi connectivity index (χ0n) is 19.8. The highest BCUT2D eigenvalue weighted by molar-refractivity contribution is 5.76. The Hall–Kier alpha value is -3.75. The van der Waals surface area contributed by atoms with Gasteiger partial charge in [-0.25, -0.2) is 0 Å². The standard InChI is InChI=1S/C25H28O9/c1-14(26)33-21-8-6-16(11-22(21)30-4)10-18-19(13-32-25(18)28)24(34-15(2)27)17-7-9-20(29-3)23(12-17)31-5/h6-9,11-12,18-19,24H,10,13H2,1-5H3/t18-,19+,24-/m1/s1. The first-order valence-electron chi connectivity index (χ1n) is 10.7. The predicted molar refractivity (Wildman–Crippen MR) is 120 cm³/mol. The summed E-state index contributed by atoms with van der Waals surface area (Å²) in [6.07, 6.45) is -0.429. The van der Waals surface area contributed by atoms with Gasteiger partial charge >= 0.3 is 17.9 Å². The minimum atomic E-state index is -0.740. The Morgan fingerprint density at radius 2 is 1.56 bits per heavy atom. The van der Waals surface area contributed by atoms with Gasteiger partial charge in [-0.05, 0) is 41.8 Å². The summed E-state index contributed by atoms with van der Waals surface area (Å²) in [6, 6.07) is 10.3. The molecule has 0 radical (unpaired) electrons. The van der Waals surface area contributed by atoms with Crippen LogP contribution in [0.4, 0.5) is 0 Å². The SMILES string of the molecule is COc1ccc([C@@H](OC(C)=O)[C@H]2COC(=O)[C@@H]2Cc2ccc(OC(C)=O)c(OC)c2)cc1OC. The summed E-state index contributed by atoms with van der Waals surface area (Å²) in [5.41, 5.74) is 1.43. The average Bonchev–Trinajstić information content (AvgIpc) is 3.17. The number of ether oxygens (including phenoxy) is 6. The van der Waals surface area contributed by atoms with Crippen LogP contribution in [0.3, 0.4) is 0 Å². The minimum absolute atomic E-state index is 0.0957. The number of benzene rings is 2. The van der Waals surface area contributed by atoms with Gasteiger partial charge in [0.2, 0.25) is 0 Å². The molecule has 0 unspecified atom stereocenters. The maximum Gasteiger partial charge on any atom is 0.309 e. The lowest BCUT2D eigenvalue weighted by Gasteiger charge is -2.26. The Kier molecular flexibility index (Phi) is 7.99. The van der Waals surface area contributed by atoms with E-state index in [0.717, 1.165) is 5.56 Å². The average molecular weight is 472 g/mol. The predicted octanol–water partition coefficient (Wildman–Crippen LogP) is 3.27. The Balaban J connectivity index is 1.93. The van der Waals surface area contributed by atoms with Gasteiger partial charge < -0.3 is 28.4 Å². The summed E-state index contributed by atoms with van der Waals surface area (Å²) >= 11 is 0. The number of cyclic esters (lactones) is 1. The van der Waals surface area contributed by atoms with Gasteiger partial charge in [-0.15, -0.1) is 0 Å². The van der Waals surface area contributed by atoms with Gasteiger partial charge in [0, 0.05) is 19.8 Å². The van der Waals surface area contributed by atoms with Crippen molar-refractivity contribution in [1.29, 1.82) is 0 Å². The fraction of sp³-hybridized carbons (Fsp3) is 0.400. The monoisotopic (exact) mass is 472 g/mol. The molecular weight excluding hydrogens is 444 g/mol. The lowest BCUT2D eigenvalue weighted by atomic mass is 9.82. The molecule has 0 amide bonds. The van der Waals surface area contributed by atoms with Crippen LogP contribution in [0, 0.1) is 11.8 Å². The zero-order valence-corrected chi connectivity index (χ0v) is 19.8. The van der Waals surface area contributed by atoms with Crippen molar-refractivity contribution in [3.8, 4) is 23.0 Å². The first-order valence-corrected chi connectivity index (χ1v) is 10.7. The van der Waals surface area contributed by atoms with E-state index in [1.807, 2.05) is 0 Å². The molecule has 1 heterocycles. The van der Waals surface area contributed by atoms with Crippen LogP contribution in [0.2, 0.25) is 0 Å². The maximum atomic E-state index is 12.7. The molecule has 34 heavy (non-hydrogen) atoms. The van der Waals surface area contributed by atoms with Crippen molar-refractivity contribution in [2.45, 2.75) is 26.4 Å². The van der Waals surface area contributed by atoms with Crippen molar-refractivity contribution in [2.75, 3.05) is 27.9 Å². The number of carbonyl (C=O) groups is 3. The highest BCUT2D eigenvalue weighted by Crippen LogP contribution is 2.41. The number of rotatable bonds is 9. The molecule has 3 atom stereocenters. The molecule has 0 aromatic heterocycles. The van der Waals surface area contributed by atoms with Gasteiger partial charge in [0.25, 0.3) is 0 Å². The molecule has 2 aromatic carbocycles. The first kappa shape index (κ1) is 24.9. The zero-order chi connectivity index (χ0) is 24.8. The van der Waals surface area contributed by atoms with Crippen LogP contribution in [-0.2, 0) is 30.3 Å². The second kappa shape index (κ2) is 10.9. The molecule has 0 bridgehead atoms. The first-order chi connectivity index (χ1) is 16.3. The molecular formula is C25H28O9. The Labute approximate surface area is 197 Å². The van der Waals surface area contributed by atoms with E-state index in [2.05, 4.69) is 0 Å². The fourth-order valence-corrected chi connectivity index (χ4v) is 4.05. The van der Waals surface area contributed by atoms with Crippen LogP contribution < -0.4 is 18.9 Å². The third-order valence-corrected chi connectivity index (χ3v) is 5.59. The topological polar surface area (TPSA) is 107 Å². The molecule has 1 aliphatic heterocycles. The summed E-state index contributed by atoms with van der Waals surface area (Å²) < 4.78 is 32.2. The third-order valence-electron chi connectivity index (χ3n) is 5.59. The summed E-state index contributed by atoms with van der Waals surface area (Å²) in [7, 11) is 4.51.